The number of hydrogen-bond donors (Lipinski definition) is 0. The predicted molar refractivity (Wildman–Crippen MR) is 40.8 cm³/mol. The van der Waals surface area contributed by atoms with Gasteiger partial charge in [-0.1, -0.05) is 18.2 Å². The minimum absolute atomic E-state index is 0.336. The molecule has 0 saturated carbocycles. The molecule has 0 aromatic rings. The lowest BCUT2D eigenvalue weighted by molar-refractivity contribution is 0.151. The van der Waals surface area contributed by atoms with Crippen LogP contribution in [0.25, 0.3) is 0 Å². The second-order valence-corrected chi connectivity index (χ2v) is 2.85. The molecule has 0 aromatic heterocycles. The van der Waals surface area contributed by atoms with Gasteiger partial charge in [-0.05, 0) is 24.8 Å². The van der Waals surface area contributed by atoms with Crippen LogP contribution < -0.4 is 0 Å². The molecule has 0 fully saturated rings. The summed E-state index contributed by atoms with van der Waals surface area (Å²) in [6.07, 6.45) is 10.7. The van der Waals surface area contributed by atoms with E-state index in [0.717, 1.165) is 6.61 Å². The lowest BCUT2D eigenvalue weighted by atomic mass is 10.1. The van der Waals surface area contributed by atoms with Gasteiger partial charge in [-0.2, -0.15) is 0 Å². The van der Waals surface area contributed by atoms with Crippen molar-refractivity contribution in [1.29, 1.82) is 0 Å². The molecule has 1 aliphatic heterocycles. The maximum Gasteiger partial charge on any atom is 0.0971 e. The minimum Gasteiger partial charge on any atom is -0.366 e. The van der Waals surface area contributed by atoms with Crippen LogP contribution in [0.1, 0.15) is 19.3 Å². The van der Waals surface area contributed by atoms with Crippen molar-refractivity contribution in [3.63, 3.8) is 0 Å². The monoisotopic (exact) mass is 136 g/mol. The molecule has 1 heterocycles. The molecule has 0 spiro atoms. The van der Waals surface area contributed by atoms with Crippen molar-refractivity contribution < 1.29 is 4.74 Å². The summed E-state index contributed by atoms with van der Waals surface area (Å²) in [6, 6.07) is 0. The van der Waals surface area contributed by atoms with Crippen LogP contribution in [0.2, 0.25) is 0 Å². The Morgan fingerprint density at radius 2 is 2.50 bits per heavy atom. The normalized spacial score (nSPS) is 31.2. The van der Waals surface area contributed by atoms with Gasteiger partial charge in [0.25, 0.3) is 0 Å². The summed E-state index contributed by atoms with van der Waals surface area (Å²) in [5.41, 5.74) is 1.49. The van der Waals surface area contributed by atoms with Gasteiger partial charge < -0.3 is 4.74 Å². The van der Waals surface area contributed by atoms with E-state index in [-0.39, 0.29) is 0 Å². The summed E-state index contributed by atoms with van der Waals surface area (Å²) in [7, 11) is 0. The molecule has 0 N–H and O–H groups in total. The second kappa shape index (κ2) is 2.59. The third-order valence-electron chi connectivity index (χ3n) is 2.12. The largest absolute Gasteiger partial charge is 0.366 e. The molecule has 0 radical (unpaired) electrons. The number of allylic oxidation sites excluding steroid dienone is 1. The van der Waals surface area contributed by atoms with Crippen LogP contribution in [-0.2, 0) is 4.74 Å². The Kier molecular flexibility index (Phi) is 1.60. The van der Waals surface area contributed by atoms with E-state index in [1.165, 1.54) is 24.8 Å². The quantitative estimate of drug-likeness (QED) is 0.501. The molecular weight excluding hydrogens is 124 g/mol. The molecule has 10 heavy (non-hydrogen) atoms. The number of hydrogen-bond acceptors (Lipinski definition) is 1. The Morgan fingerprint density at radius 1 is 1.50 bits per heavy atom. The van der Waals surface area contributed by atoms with Gasteiger partial charge >= 0.3 is 0 Å². The van der Waals surface area contributed by atoms with Crippen molar-refractivity contribution >= 4 is 0 Å². The van der Waals surface area contributed by atoms with Crippen LogP contribution in [0.15, 0.2) is 23.8 Å². The average Bonchev–Trinajstić information content (AvgIpc) is 2.59. The first-order chi connectivity index (χ1) is 4.97. The lowest BCUT2D eigenvalue weighted by Crippen LogP contribution is -2.06. The molecular formula is C9H12O. The van der Waals surface area contributed by atoms with Gasteiger partial charge in [-0.15, -0.1) is 0 Å². The predicted octanol–water partition coefficient (Wildman–Crippen LogP) is 2.05. The van der Waals surface area contributed by atoms with E-state index < -0.39 is 0 Å². The summed E-state index contributed by atoms with van der Waals surface area (Å²) < 4.78 is 5.46. The molecule has 1 heteroatoms. The number of ether oxygens (including phenoxy) is 1. The average molecular weight is 136 g/mol. The van der Waals surface area contributed by atoms with Gasteiger partial charge in [0, 0.05) is 0 Å². The highest BCUT2D eigenvalue weighted by molar-refractivity contribution is 5.21. The van der Waals surface area contributed by atoms with E-state index in [1.54, 1.807) is 0 Å². The Labute approximate surface area is 61.4 Å². The van der Waals surface area contributed by atoms with Crippen molar-refractivity contribution in [2.45, 2.75) is 25.4 Å². The van der Waals surface area contributed by atoms with Crippen LogP contribution in [-0.4, -0.2) is 12.7 Å². The molecule has 1 aliphatic carbocycles. The first-order valence-electron chi connectivity index (χ1n) is 3.94. The fraction of sp³-hybridized carbons (Fsp3) is 0.556. The topological polar surface area (TPSA) is 9.23 Å². The van der Waals surface area contributed by atoms with Crippen LogP contribution in [0.3, 0.4) is 0 Å². The van der Waals surface area contributed by atoms with Gasteiger partial charge in [-0.3, -0.25) is 0 Å². The summed E-state index contributed by atoms with van der Waals surface area (Å²) in [5, 5.41) is 0. The summed E-state index contributed by atoms with van der Waals surface area (Å²) in [6.45, 7) is 0.808. The van der Waals surface area contributed by atoms with Crippen LogP contribution in [0.4, 0.5) is 0 Å². The van der Waals surface area contributed by atoms with Crippen molar-refractivity contribution in [2.75, 3.05) is 6.61 Å². The zero-order valence-electron chi connectivity index (χ0n) is 6.05. The van der Waals surface area contributed by atoms with Crippen LogP contribution in [0.5, 0.6) is 0 Å². The Morgan fingerprint density at radius 3 is 3.10 bits per heavy atom. The van der Waals surface area contributed by atoms with Gasteiger partial charge in [0.15, 0.2) is 0 Å². The Bertz CT molecular complexity index is 179. The van der Waals surface area contributed by atoms with E-state index in [2.05, 4.69) is 18.2 Å². The van der Waals surface area contributed by atoms with E-state index in [4.69, 9.17) is 4.74 Å². The molecule has 0 saturated heterocycles. The number of rotatable bonds is 1. The molecule has 0 aromatic carbocycles. The zero-order chi connectivity index (χ0) is 6.81. The van der Waals surface area contributed by atoms with Gasteiger partial charge in [-0.25, -0.2) is 0 Å². The first-order valence-corrected chi connectivity index (χ1v) is 3.94. The lowest BCUT2D eigenvalue weighted by Gasteiger charge is -2.08. The maximum atomic E-state index is 5.46. The van der Waals surface area contributed by atoms with Crippen molar-refractivity contribution in [2.24, 2.45) is 0 Å². The smallest absolute Gasteiger partial charge is 0.0971 e. The van der Waals surface area contributed by atoms with E-state index in [0.29, 0.717) is 6.10 Å². The third-order valence-corrected chi connectivity index (χ3v) is 2.12. The third kappa shape index (κ3) is 1.01. The Balaban J connectivity index is 2.04. The van der Waals surface area contributed by atoms with Crippen molar-refractivity contribution in [1.82, 2.24) is 0 Å². The molecule has 2 aliphatic rings. The van der Waals surface area contributed by atoms with E-state index in [9.17, 15) is 0 Å². The van der Waals surface area contributed by atoms with Gasteiger partial charge in [0.1, 0.15) is 0 Å². The van der Waals surface area contributed by atoms with Crippen molar-refractivity contribution in [3.8, 4) is 0 Å². The molecule has 0 bridgehead atoms. The molecule has 1 nitrogen and oxygen atoms in total. The maximum absolute atomic E-state index is 5.46. The summed E-state index contributed by atoms with van der Waals surface area (Å²) in [4.78, 5) is 0. The van der Waals surface area contributed by atoms with E-state index >= 15 is 0 Å². The molecule has 54 valence electrons. The second-order valence-electron chi connectivity index (χ2n) is 2.85. The SMILES string of the molecule is C1=C[C@H](C2=CCCC2)OC1. The zero-order valence-corrected chi connectivity index (χ0v) is 6.05. The highest BCUT2D eigenvalue weighted by atomic mass is 16.5. The molecule has 1 atom stereocenters. The standard InChI is InChI=1S/C9H12O/c1-2-5-8(4-1)9-6-3-7-10-9/h3-4,6,9H,1-2,5,7H2/t9-/m1/s1. The molecule has 0 unspecified atom stereocenters. The minimum atomic E-state index is 0.336. The highest BCUT2D eigenvalue weighted by Crippen LogP contribution is 2.25. The Hall–Kier alpha value is -0.560. The fourth-order valence-electron chi connectivity index (χ4n) is 1.58. The first kappa shape index (κ1) is 6.17. The molecule has 2 rings (SSSR count). The van der Waals surface area contributed by atoms with Crippen LogP contribution in [0, 0.1) is 0 Å². The highest BCUT2D eigenvalue weighted by Gasteiger charge is 2.16. The van der Waals surface area contributed by atoms with Crippen LogP contribution >= 0.6 is 0 Å². The fourth-order valence-corrected chi connectivity index (χ4v) is 1.58. The van der Waals surface area contributed by atoms with Crippen molar-refractivity contribution in [3.05, 3.63) is 23.8 Å². The molecule has 0 amide bonds. The van der Waals surface area contributed by atoms with Gasteiger partial charge in [0.2, 0.25) is 0 Å². The summed E-state index contributed by atoms with van der Waals surface area (Å²) in [5.74, 6) is 0. The summed E-state index contributed by atoms with van der Waals surface area (Å²) >= 11 is 0. The van der Waals surface area contributed by atoms with Gasteiger partial charge in [0.05, 0.1) is 12.7 Å². The van der Waals surface area contributed by atoms with E-state index in [1.807, 2.05) is 0 Å².